The van der Waals surface area contributed by atoms with Gasteiger partial charge in [0.05, 0.1) is 23.4 Å². The maximum absolute atomic E-state index is 5.89. The Balaban J connectivity index is 1.72. The zero-order valence-electron chi connectivity index (χ0n) is 15.1. The van der Waals surface area contributed by atoms with Crippen LogP contribution >= 0.6 is 11.3 Å². The first-order valence-corrected chi connectivity index (χ1v) is 9.66. The van der Waals surface area contributed by atoms with Crippen LogP contribution in [-0.4, -0.2) is 61.9 Å². The third-order valence-corrected chi connectivity index (χ3v) is 4.67. The van der Waals surface area contributed by atoms with Crippen molar-refractivity contribution in [2.24, 2.45) is 4.99 Å². The van der Waals surface area contributed by atoms with E-state index in [2.05, 4.69) is 34.6 Å². The highest BCUT2D eigenvalue weighted by atomic mass is 32.1. The third-order valence-electron chi connectivity index (χ3n) is 3.85. The molecule has 0 aromatic carbocycles. The first kappa shape index (κ1) is 19.1. The molecule has 0 unspecified atom stereocenters. The second-order valence-electron chi connectivity index (χ2n) is 5.99. The molecule has 1 aromatic rings. The van der Waals surface area contributed by atoms with Crippen molar-refractivity contribution in [1.29, 1.82) is 0 Å². The average molecular weight is 355 g/mol. The molecule has 1 fully saturated rings. The van der Waals surface area contributed by atoms with Gasteiger partial charge in [0.15, 0.2) is 5.96 Å². The van der Waals surface area contributed by atoms with Crippen LogP contribution in [-0.2, 0) is 16.0 Å². The van der Waals surface area contributed by atoms with Crippen LogP contribution in [0.4, 0.5) is 0 Å². The average Bonchev–Trinajstić information content (AvgIpc) is 2.99. The Morgan fingerprint density at radius 2 is 2.29 bits per heavy atom. The Kier molecular flexibility index (Phi) is 8.49. The molecule has 1 aromatic heterocycles. The van der Waals surface area contributed by atoms with Gasteiger partial charge in [-0.1, -0.05) is 0 Å². The summed E-state index contributed by atoms with van der Waals surface area (Å²) in [6.45, 7) is 8.94. The van der Waals surface area contributed by atoms with Crippen LogP contribution in [0.15, 0.2) is 10.4 Å². The number of rotatable bonds is 8. The fourth-order valence-electron chi connectivity index (χ4n) is 2.61. The van der Waals surface area contributed by atoms with E-state index in [-0.39, 0.29) is 0 Å². The molecule has 2 heterocycles. The van der Waals surface area contributed by atoms with Crippen molar-refractivity contribution >= 4 is 17.3 Å². The van der Waals surface area contributed by atoms with Crippen molar-refractivity contribution in [3.8, 4) is 0 Å². The summed E-state index contributed by atoms with van der Waals surface area (Å²) in [6, 6.07) is 0. The summed E-state index contributed by atoms with van der Waals surface area (Å²) in [7, 11) is 2.05. The van der Waals surface area contributed by atoms with E-state index in [4.69, 9.17) is 14.5 Å². The minimum absolute atomic E-state index is 0.367. The number of nitrogens with zero attached hydrogens (tertiary/aromatic N) is 3. The van der Waals surface area contributed by atoms with Gasteiger partial charge in [-0.2, -0.15) is 0 Å². The van der Waals surface area contributed by atoms with Gasteiger partial charge in [-0.05, 0) is 33.1 Å². The number of hydrogen-bond acceptors (Lipinski definition) is 5. The van der Waals surface area contributed by atoms with E-state index in [1.807, 2.05) is 6.92 Å². The lowest BCUT2D eigenvalue weighted by atomic mass is 10.1. The molecular weight excluding hydrogens is 324 g/mol. The fraction of sp³-hybridized carbons (Fsp3) is 0.765. The Morgan fingerprint density at radius 3 is 2.96 bits per heavy atom. The molecule has 1 aliphatic rings. The third kappa shape index (κ3) is 6.75. The highest BCUT2D eigenvalue weighted by Crippen LogP contribution is 2.11. The van der Waals surface area contributed by atoms with E-state index in [1.165, 1.54) is 0 Å². The number of aromatic nitrogens is 1. The second-order valence-corrected chi connectivity index (χ2v) is 7.05. The zero-order chi connectivity index (χ0) is 17.2. The summed E-state index contributed by atoms with van der Waals surface area (Å²) in [5, 5.41) is 6.55. The van der Waals surface area contributed by atoms with Crippen molar-refractivity contribution in [1.82, 2.24) is 15.2 Å². The largest absolute Gasteiger partial charge is 0.381 e. The maximum Gasteiger partial charge on any atom is 0.194 e. The SMILES string of the molecule is CCNC(=NCCCOC1CCOCC1)N(C)Cc1csc(C)n1. The standard InChI is InChI=1S/C17H30N4O2S/c1-4-18-17(21(3)12-15-13-24-14(2)20-15)19-8-5-9-23-16-6-10-22-11-7-16/h13,16H,4-12H2,1-3H3,(H,18,19). The molecule has 0 aliphatic carbocycles. The van der Waals surface area contributed by atoms with Gasteiger partial charge >= 0.3 is 0 Å². The van der Waals surface area contributed by atoms with E-state index in [0.717, 1.165) is 75.4 Å². The molecule has 1 saturated heterocycles. The fourth-order valence-corrected chi connectivity index (χ4v) is 3.21. The maximum atomic E-state index is 5.89. The minimum Gasteiger partial charge on any atom is -0.381 e. The van der Waals surface area contributed by atoms with E-state index in [1.54, 1.807) is 11.3 Å². The molecule has 0 saturated carbocycles. The number of nitrogens with one attached hydrogen (secondary N) is 1. The van der Waals surface area contributed by atoms with Crippen LogP contribution in [0.5, 0.6) is 0 Å². The minimum atomic E-state index is 0.367. The quantitative estimate of drug-likeness (QED) is 0.441. The highest BCUT2D eigenvalue weighted by molar-refractivity contribution is 7.09. The summed E-state index contributed by atoms with van der Waals surface area (Å²) >= 11 is 1.69. The molecule has 0 amide bonds. The molecule has 6 nitrogen and oxygen atoms in total. The van der Waals surface area contributed by atoms with Crippen molar-refractivity contribution < 1.29 is 9.47 Å². The van der Waals surface area contributed by atoms with Gasteiger partial charge < -0.3 is 19.7 Å². The van der Waals surface area contributed by atoms with Crippen molar-refractivity contribution in [2.45, 2.75) is 45.8 Å². The zero-order valence-corrected chi connectivity index (χ0v) is 15.9. The molecule has 2 rings (SSSR count). The Hall–Kier alpha value is -1.18. The normalized spacial score (nSPS) is 16.4. The number of thiazole rings is 1. The Bertz CT molecular complexity index is 501. The first-order chi connectivity index (χ1) is 11.7. The molecule has 24 heavy (non-hydrogen) atoms. The lowest BCUT2D eigenvalue weighted by Crippen LogP contribution is -2.38. The predicted molar refractivity (Wildman–Crippen MR) is 98.7 cm³/mol. The number of hydrogen-bond donors (Lipinski definition) is 1. The summed E-state index contributed by atoms with van der Waals surface area (Å²) < 4.78 is 11.2. The predicted octanol–water partition coefficient (Wildman–Crippen LogP) is 2.43. The summed E-state index contributed by atoms with van der Waals surface area (Å²) in [6.07, 6.45) is 3.34. The van der Waals surface area contributed by atoms with E-state index in [0.29, 0.717) is 6.10 Å². The number of aryl methyl sites for hydroxylation is 1. The van der Waals surface area contributed by atoms with Crippen LogP contribution in [0.3, 0.4) is 0 Å². The summed E-state index contributed by atoms with van der Waals surface area (Å²) in [5.41, 5.74) is 1.09. The Labute approximate surface area is 149 Å². The van der Waals surface area contributed by atoms with Crippen LogP contribution < -0.4 is 5.32 Å². The molecule has 0 radical (unpaired) electrons. The van der Waals surface area contributed by atoms with Crippen LogP contribution in [0, 0.1) is 6.92 Å². The van der Waals surface area contributed by atoms with E-state index < -0.39 is 0 Å². The molecule has 136 valence electrons. The monoisotopic (exact) mass is 354 g/mol. The van der Waals surface area contributed by atoms with Gasteiger partial charge in [0.25, 0.3) is 0 Å². The molecule has 0 bridgehead atoms. The number of ether oxygens (including phenoxy) is 2. The molecule has 0 atom stereocenters. The van der Waals surface area contributed by atoms with E-state index in [9.17, 15) is 0 Å². The second kappa shape index (κ2) is 10.6. The summed E-state index contributed by atoms with van der Waals surface area (Å²) in [5.74, 6) is 0.925. The van der Waals surface area contributed by atoms with Crippen LogP contribution in [0.1, 0.15) is 36.9 Å². The molecule has 7 heteroatoms. The van der Waals surface area contributed by atoms with Crippen molar-refractivity contribution in [3.63, 3.8) is 0 Å². The molecule has 1 N–H and O–H groups in total. The molecular formula is C17H30N4O2S. The lowest BCUT2D eigenvalue weighted by molar-refractivity contribution is -0.0318. The number of guanidine groups is 1. The highest BCUT2D eigenvalue weighted by Gasteiger charge is 2.13. The van der Waals surface area contributed by atoms with Crippen molar-refractivity contribution in [2.75, 3.05) is 40.0 Å². The molecule has 0 spiro atoms. The van der Waals surface area contributed by atoms with E-state index >= 15 is 0 Å². The molecule has 1 aliphatic heterocycles. The van der Waals surface area contributed by atoms with Gasteiger partial charge in [0.2, 0.25) is 0 Å². The lowest BCUT2D eigenvalue weighted by Gasteiger charge is -2.22. The van der Waals surface area contributed by atoms with Crippen molar-refractivity contribution in [3.05, 3.63) is 16.1 Å². The Morgan fingerprint density at radius 1 is 1.50 bits per heavy atom. The number of aliphatic imine (C=N–C) groups is 1. The van der Waals surface area contributed by atoms with Gasteiger partial charge in [0.1, 0.15) is 0 Å². The van der Waals surface area contributed by atoms with Gasteiger partial charge in [-0.3, -0.25) is 4.99 Å². The van der Waals surface area contributed by atoms with Gasteiger partial charge in [-0.15, -0.1) is 11.3 Å². The van der Waals surface area contributed by atoms with Gasteiger partial charge in [0, 0.05) is 45.3 Å². The topological polar surface area (TPSA) is 59.0 Å². The first-order valence-electron chi connectivity index (χ1n) is 8.79. The van der Waals surface area contributed by atoms with Gasteiger partial charge in [-0.25, -0.2) is 4.98 Å². The van der Waals surface area contributed by atoms with Crippen LogP contribution in [0.25, 0.3) is 0 Å². The smallest absolute Gasteiger partial charge is 0.194 e. The van der Waals surface area contributed by atoms with Crippen LogP contribution in [0.2, 0.25) is 0 Å². The summed E-state index contributed by atoms with van der Waals surface area (Å²) in [4.78, 5) is 11.3.